The smallest absolute Gasteiger partial charge is 0.124 e. The monoisotopic (exact) mass is 226 g/mol. The van der Waals surface area contributed by atoms with Gasteiger partial charge < -0.3 is 10.6 Å². The average Bonchev–Trinajstić information content (AvgIpc) is 2.17. The Labute approximate surface area is 93.6 Å². The van der Waals surface area contributed by atoms with Crippen LogP contribution in [0.5, 0.6) is 0 Å². The predicted octanol–water partition coefficient (Wildman–Crippen LogP) is 2.08. The number of benzene rings is 1. The minimum absolute atomic E-state index is 0.164. The number of nitrogens with zero attached hydrogens (tertiary/aromatic N) is 1. The SMILES string of the molecule is CC1CN(CCN)c2ccc(F)cc2S1. The molecule has 1 aromatic rings. The Morgan fingerprint density at radius 1 is 1.60 bits per heavy atom. The molecule has 1 atom stereocenters. The molecule has 82 valence electrons. The molecule has 15 heavy (non-hydrogen) atoms. The van der Waals surface area contributed by atoms with Crippen molar-refractivity contribution in [1.82, 2.24) is 0 Å². The Kier molecular flexibility index (Phi) is 3.17. The molecule has 2 N–H and O–H groups in total. The normalized spacial score (nSPS) is 20.2. The van der Waals surface area contributed by atoms with E-state index in [0.29, 0.717) is 11.8 Å². The molecule has 1 aromatic carbocycles. The first kappa shape index (κ1) is 10.8. The summed E-state index contributed by atoms with van der Waals surface area (Å²) in [5.74, 6) is -0.164. The van der Waals surface area contributed by atoms with Gasteiger partial charge in [-0.3, -0.25) is 0 Å². The van der Waals surface area contributed by atoms with Gasteiger partial charge in [0.25, 0.3) is 0 Å². The van der Waals surface area contributed by atoms with E-state index < -0.39 is 0 Å². The summed E-state index contributed by atoms with van der Waals surface area (Å²) in [4.78, 5) is 3.26. The largest absolute Gasteiger partial charge is 0.368 e. The minimum atomic E-state index is -0.164. The lowest BCUT2D eigenvalue weighted by Gasteiger charge is -2.34. The van der Waals surface area contributed by atoms with Gasteiger partial charge in [0.15, 0.2) is 0 Å². The third-order valence-corrected chi connectivity index (χ3v) is 3.60. The molecule has 2 rings (SSSR count). The summed E-state index contributed by atoms with van der Waals surface area (Å²) < 4.78 is 13.1. The third kappa shape index (κ3) is 2.26. The van der Waals surface area contributed by atoms with Gasteiger partial charge in [-0.1, -0.05) is 6.92 Å². The standard InChI is InChI=1S/C11H15FN2S/c1-8-7-14(5-4-13)10-3-2-9(12)6-11(10)15-8/h2-3,6,8H,4-5,7,13H2,1H3. The Bertz CT molecular complexity index is 356. The summed E-state index contributed by atoms with van der Waals surface area (Å²) in [6.45, 7) is 4.61. The Morgan fingerprint density at radius 3 is 3.13 bits per heavy atom. The van der Waals surface area contributed by atoms with Crippen molar-refractivity contribution < 1.29 is 4.39 Å². The van der Waals surface area contributed by atoms with Gasteiger partial charge >= 0.3 is 0 Å². The van der Waals surface area contributed by atoms with E-state index in [4.69, 9.17) is 5.73 Å². The van der Waals surface area contributed by atoms with Crippen molar-refractivity contribution in [2.45, 2.75) is 17.1 Å². The number of anilines is 1. The lowest BCUT2D eigenvalue weighted by atomic mass is 10.2. The van der Waals surface area contributed by atoms with E-state index >= 15 is 0 Å². The van der Waals surface area contributed by atoms with Crippen molar-refractivity contribution in [1.29, 1.82) is 0 Å². The number of fused-ring (bicyclic) bond motifs is 1. The number of hydrogen-bond donors (Lipinski definition) is 1. The highest BCUT2D eigenvalue weighted by Gasteiger charge is 2.21. The van der Waals surface area contributed by atoms with E-state index in [0.717, 1.165) is 23.7 Å². The second-order valence-corrected chi connectivity index (χ2v) is 5.26. The molecule has 1 aliphatic rings. The van der Waals surface area contributed by atoms with Crippen LogP contribution in [0.15, 0.2) is 23.1 Å². The molecule has 1 aliphatic heterocycles. The number of thioether (sulfide) groups is 1. The van der Waals surface area contributed by atoms with E-state index in [1.807, 2.05) is 6.07 Å². The van der Waals surface area contributed by atoms with Gasteiger partial charge in [-0.2, -0.15) is 0 Å². The fourth-order valence-electron chi connectivity index (χ4n) is 1.87. The summed E-state index contributed by atoms with van der Waals surface area (Å²) in [6, 6.07) is 4.97. The maximum atomic E-state index is 13.1. The van der Waals surface area contributed by atoms with Crippen LogP contribution in [-0.4, -0.2) is 24.9 Å². The molecule has 0 saturated carbocycles. The zero-order valence-electron chi connectivity index (χ0n) is 8.74. The van der Waals surface area contributed by atoms with Gasteiger partial charge in [0.2, 0.25) is 0 Å². The quantitative estimate of drug-likeness (QED) is 0.837. The molecule has 0 spiro atoms. The summed E-state index contributed by atoms with van der Waals surface area (Å²) in [5.41, 5.74) is 6.68. The average molecular weight is 226 g/mol. The molecule has 1 unspecified atom stereocenters. The molecule has 0 bridgehead atoms. The number of halogens is 1. The summed E-state index contributed by atoms with van der Waals surface area (Å²) in [5, 5.41) is 0.492. The Hall–Kier alpha value is -0.740. The summed E-state index contributed by atoms with van der Waals surface area (Å²) >= 11 is 1.73. The maximum absolute atomic E-state index is 13.1. The van der Waals surface area contributed by atoms with Crippen LogP contribution >= 0.6 is 11.8 Å². The predicted molar refractivity (Wildman–Crippen MR) is 63.0 cm³/mol. The van der Waals surface area contributed by atoms with Gasteiger partial charge in [-0.15, -0.1) is 11.8 Å². The summed E-state index contributed by atoms with van der Waals surface area (Å²) in [7, 11) is 0. The van der Waals surface area contributed by atoms with Crippen molar-refractivity contribution >= 4 is 17.4 Å². The lowest BCUT2D eigenvalue weighted by Crippen LogP contribution is -2.37. The highest BCUT2D eigenvalue weighted by molar-refractivity contribution is 8.00. The molecular formula is C11H15FN2S. The molecule has 0 radical (unpaired) electrons. The highest BCUT2D eigenvalue weighted by atomic mass is 32.2. The van der Waals surface area contributed by atoms with Crippen molar-refractivity contribution in [3.8, 4) is 0 Å². The molecule has 0 aromatic heterocycles. The van der Waals surface area contributed by atoms with Crippen molar-refractivity contribution in [3.05, 3.63) is 24.0 Å². The van der Waals surface area contributed by atoms with Crippen LogP contribution in [0.3, 0.4) is 0 Å². The minimum Gasteiger partial charge on any atom is -0.368 e. The van der Waals surface area contributed by atoms with E-state index in [1.165, 1.54) is 6.07 Å². The fraction of sp³-hybridized carbons (Fsp3) is 0.455. The van der Waals surface area contributed by atoms with Gasteiger partial charge in [0, 0.05) is 29.8 Å². The topological polar surface area (TPSA) is 29.3 Å². The fourth-order valence-corrected chi connectivity index (χ4v) is 3.06. The Balaban J connectivity index is 2.33. The first-order valence-electron chi connectivity index (χ1n) is 5.12. The molecule has 0 saturated heterocycles. The van der Waals surface area contributed by atoms with Crippen LogP contribution in [0.1, 0.15) is 6.92 Å². The zero-order valence-corrected chi connectivity index (χ0v) is 9.56. The van der Waals surface area contributed by atoms with E-state index in [1.54, 1.807) is 17.8 Å². The zero-order chi connectivity index (χ0) is 10.8. The van der Waals surface area contributed by atoms with Gasteiger partial charge in [-0.05, 0) is 18.2 Å². The van der Waals surface area contributed by atoms with Crippen molar-refractivity contribution in [2.24, 2.45) is 5.73 Å². The van der Waals surface area contributed by atoms with E-state index in [-0.39, 0.29) is 5.82 Å². The van der Waals surface area contributed by atoms with Crippen molar-refractivity contribution in [3.63, 3.8) is 0 Å². The molecule has 0 amide bonds. The van der Waals surface area contributed by atoms with Crippen LogP contribution in [0.25, 0.3) is 0 Å². The molecule has 1 heterocycles. The van der Waals surface area contributed by atoms with E-state index in [9.17, 15) is 4.39 Å². The summed E-state index contributed by atoms with van der Waals surface area (Å²) in [6.07, 6.45) is 0. The first-order chi connectivity index (χ1) is 7.20. The van der Waals surface area contributed by atoms with Crippen LogP contribution in [0, 0.1) is 5.82 Å². The van der Waals surface area contributed by atoms with E-state index in [2.05, 4.69) is 11.8 Å². The first-order valence-corrected chi connectivity index (χ1v) is 6.00. The van der Waals surface area contributed by atoms with Crippen LogP contribution < -0.4 is 10.6 Å². The Morgan fingerprint density at radius 2 is 2.40 bits per heavy atom. The molecule has 2 nitrogen and oxygen atoms in total. The molecule has 4 heteroatoms. The third-order valence-electron chi connectivity index (χ3n) is 2.47. The molecule has 0 fully saturated rings. The van der Waals surface area contributed by atoms with Crippen LogP contribution in [0.2, 0.25) is 0 Å². The van der Waals surface area contributed by atoms with Crippen molar-refractivity contribution in [2.75, 3.05) is 24.5 Å². The van der Waals surface area contributed by atoms with Gasteiger partial charge in [0.1, 0.15) is 5.82 Å². The van der Waals surface area contributed by atoms with Crippen LogP contribution in [0.4, 0.5) is 10.1 Å². The van der Waals surface area contributed by atoms with Gasteiger partial charge in [-0.25, -0.2) is 4.39 Å². The lowest BCUT2D eigenvalue weighted by molar-refractivity contribution is 0.622. The number of nitrogens with two attached hydrogens (primary N) is 1. The highest BCUT2D eigenvalue weighted by Crippen LogP contribution is 2.38. The van der Waals surface area contributed by atoms with Crippen LogP contribution in [-0.2, 0) is 0 Å². The molecule has 0 aliphatic carbocycles. The second-order valence-electron chi connectivity index (χ2n) is 3.78. The van der Waals surface area contributed by atoms with Gasteiger partial charge in [0.05, 0.1) is 5.69 Å². The number of hydrogen-bond acceptors (Lipinski definition) is 3. The second kappa shape index (κ2) is 4.41. The number of rotatable bonds is 2. The molecular weight excluding hydrogens is 211 g/mol. The maximum Gasteiger partial charge on any atom is 0.124 e.